The van der Waals surface area contributed by atoms with Crippen LogP contribution in [0.25, 0.3) is 0 Å². The molecule has 1 aliphatic heterocycles. The van der Waals surface area contributed by atoms with Gasteiger partial charge in [-0.1, -0.05) is 6.07 Å². The summed E-state index contributed by atoms with van der Waals surface area (Å²) in [6.45, 7) is 4.32. The van der Waals surface area contributed by atoms with Gasteiger partial charge in [0.15, 0.2) is 11.5 Å². The number of nitrogens with one attached hydrogen (secondary N) is 1. The van der Waals surface area contributed by atoms with E-state index in [1.165, 1.54) is 4.88 Å². The van der Waals surface area contributed by atoms with Crippen molar-refractivity contribution in [3.8, 4) is 11.5 Å². The third-order valence-electron chi connectivity index (χ3n) is 3.39. The van der Waals surface area contributed by atoms with Crippen molar-refractivity contribution in [2.24, 2.45) is 0 Å². The summed E-state index contributed by atoms with van der Waals surface area (Å²) in [6, 6.07) is 9.35. The van der Waals surface area contributed by atoms with Gasteiger partial charge in [-0.2, -0.15) is 0 Å². The average Bonchev–Trinajstić information content (AvgIpc) is 3.05. The summed E-state index contributed by atoms with van der Waals surface area (Å²) in [5, 5.41) is 4.93. The van der Waals surface area contributed by atoms with E-state index in [2.05, 4.69) is 5.32 Å². The Labute approximate surface area is 133 Å². The van der Waals surface area contributed by atoms with Crippen LogP contribution in [-0.4, -0.2) is 30.7 Å². The highest BCUT2D eigenvalue weighted by Gasteiger charge is 2.16. The number of hydrogen-bond donors (Lipinski definition) is 1. The zero-order valence-electron chi connectivity index (χ0n) is 12.4. The quantitative estimate of drug-likeness (QED) is 0.937. The van der Waals surface area contributed by atoms with Gasteiger partial charge in [0, 0.05) is 23.2 Å². The van der Waals surface area contributed by atoms with Crippen molar-refractivity contribution < 1.29 is 14.3 Å². The minimum atomic E-state index is -0.118. The number of rotatable bonds is 4. The monoisotopic (exact) mass is 318 g/mol. The number of hydrogen-bond acceptors (Lipinski definition) is 4. The van der Waals surface area contributed by atoms with Crippen LogP contribution in [0.1, 0.15) is 11.8 Å². The van der Waals surface area contributed by atoms with Crippen LogP contribution >= 0.6 is 11.3 Å². The fourth-order valence-electron chi connectivity index (χ4n) is 2.24. The molecule has 1 aromatic heterocycles. The summed E-state index contributed by atoms with van der Waals surface area (Å²) in [6.07, 6.45) is 0. The molecule has 2 heterocycles. The van der Waals surface area contributed by atoms with Crippen molar-refractivity contribution in [3.05, 3.63) is 40.6 Å². The molecule has 0 unspecified atom stereocenters. The lowest BCUT2D eigenvalue weighted by molar-refractivity contribution is 0.171. The average molecular weight is 318 g/mol. The number of nitrogens with zero attached hydrogens (tertiary/aromatic N) is 1. The first kappa shape index (κ1) is 14.7. The van der Waals surface area contributed by atoms with Gasteiger partial charge in [-0.05, 0) is 30.5 Å². The second-order valence-corrected chi connectivity index (χ2v) is 5.91. The zero-order chi connectivity index (χ0) is 15.4. The zero-order valence-corrected chi connectivity index (χ0v) is 13.2. The lowest BCUT2D eigenvalue weighted by Crippen LogP contribution is -2.34. The Bertz CT molecular complexity index is 643. The number of ether oxygens (including phenoxy) is 2. The Hall–Kier alpha value is -2.21. The Balaban J connectivity index is 1.67. The van der Waals surface area contributed by atoms with Gasteiger partial charge in [0.05, 0.1) is 6.54 Å². The van der Waals surface area contributed by atoms with E-state index in [1.807, 2.05) is 36.6 Å². The number of carbonyl (C=O) groups excluding carboxylic acids is 1. The van der Waals surface area contributed by atoms with Crippen molar-refractivity contribution in [2.75, 3.05) is 25.1 Å². The van der Waals surface area contributed by atoms with Gasteiger partial charge < -0.3 is 19.7 Å². The van der Waals surface area contributed by atoms with Crippen molar-refractivity contribution in [1.82, 2.24) is 4.90 Å². The van der Waals surface area contributed by atoms with Crippen molar-refractivity contribution in [2.45, 2.75) is 13.5 Å². The van der Waals surface area contributed by atoms with Crippen LogP contribution in [0.3, 0.4) is 0 Å². The number of urea groups is 1. The molecule has 0 fully saturated rings. The van der Waals surface area contributed by atoms with Crippen LogP contribution in [0.15, 0.2) is 35.7 Å². The highest BCUT2D eigenvalue weighted by atomic mass is 32.1. The molecule has 0 atom stereocenters. The second-order valence-electron chi connectivity index (χ2n) is 4.88. The van der Waals surface area contributed by atoms with Crippen LogP contribution in [0, 0.1) is 0 Å². The van der Waals surface area contributed by atoms with E-state index in [9.17, 15) is 4.79 Å². The summed E-state index contributed by atoms with van der Waals surface area (Å²) in [5.74, 6) is 1.39. The first-order valence-corrected chi connectivity index (χ1v) is 8.12. The fourth-order valence-corrected chi connectivity index (χ4v) is 2.96. The van der Waals surface area contributed by atoms with E-state index in [-0.39, 0.29) is 6.03 Å². The highest BCUT2D eigenvalue weighted by Crippen LogP contribution is 2.32. The molecule has 0 radical (unpaired) electrons. The highest BCUT2D eigenvalue weighted by molar-refractivity contribution is 7.09. The number of thiophene rings is 1. The molecule has 2 amide bonds. The van der Waals surface area contributed by atoms with Crippen LogP contribution in [0.2, 0.25) is 0 Å². The molecule has 1 aliphatic rings. The van der Waals surface area contributed by atoms with Gasteiger partial charge in [-0.3, -0.25) is 0 Å². The smallest absolute Gasteiger partial charge is 0.322 e. The van der Waals surface area contributed by atoms with Crippen LogP contribution in [-0.2, 0) is 6.54 Å². The lowest BCUT2D eigenvalue weighted by atomic mass is 10.2. The first-order valence-electron chi connectivity index (χ1n) is 7.24. The largest absolute Gasteiger partial charge is 0.486 e. The molecule has 0 saturated heterocycles. The summed E-state index contributed by atoms with van der Waals surface area (Å²) < 4.78 is 11.0. The minimum absolute atomic E-state index is 0.118. The Morgan fingerprint density at radius 1 is 1.27 bits per heavy atom. The third kappa shape index (κ3) is 3.33. The third-order valence-corrected chi connectivity index (χ3v) is 4.25. The van der Waals surface area contributed by atoms with Crippen LogP contribution in [0.5, 0.6) is 11.5 Å². The molecule has 5 nitrogen and oxygen atoms in total. The normalized spacial score (nSPS) is 12.8. The van der Waals surface area contributed by atoms with Crippen LogP contribution in [0.4, 0.5) is 10.5 Å². The maximum absolute atomic E-state index is 12.4. The molecule has 22 heavy (non-hydrogen) atoms. The topological polar surface area (TPSA) is 50.8 Å². The molecule has 0 aliphatic carbocycles. The predicted molar refractivity (Wildman–Crippen MR) is 86.9 cm³/mol. The number of benzene rings is 1. The number of carbonyl (C=O) groups is 1. The standard InChI is InChI=1S/C16H18N2O3S/c1-2-18(11-13-4-3-9-22-13)16(19)17-12-5-6-14-15(10-12)21-8-7-20-14/h3-6,9-10H,2,7-8,11H2,1H3,(H,17,19). The van der Waals surface area contributed by atoms with Gasteiger partial charge in [0.25, 0.3) is 0 Å². The Morgan fingerprint density at radius 3 is 2.82 bits per heavy atom. The van der Waals surface area contributed by atoms with E-state index in [1.54, 1.807) is 22.3 Å². The second kappa shape index (κ2) is 6.70. The molecular formula is C16H18N2O3S. The number of anilines is 1. The Morgan fingerprint density at radius 2 is 2.09 bits per heavy atom. The molecule has 1 aromatic carbocycles. The molecular weight excluding hydrogens is 300 g/mol. The summed E-state index contributed by atoms with van der Waals surface area (Å²) in [7, 11) is 0. The minimum Gasteiger partial charge on any atom is -0.486 e. The van der Waals surface area contributed by atoms with Crippen molar-refractivity contribution in [3.63, 3.8) is 0 Å². The van der Waals surface area contributed by atoms with Gasteiger partial charge in [0.1, 0.15) is 13.2 Å². The maximum Gasteiger partial charge on any atom is 0.322 e. The van der Waals surface area contributed by atoms with Crippen molar-refractivity contribution in [1.29, 1.82) is 0 Å². The van der Waals surface area contributed by atoms with E-state index in [4.69, 9.17) is 9.47 Å². The van der Waals surface area contributed by atoms with E-state index in [0.29, 0.717) is 37.7 Å². The predicted octanol–water partition coefficient (Wildman–Crippen LogP) is 3.57. The van der Waals surface area contributed by atoms with E-state index >= 15 is 0 Å². The summed E-state index contributed by atoms with van der Waals surface area (Å²) in [4.78, 5) is 15.3. The molecule has 116 valence electrons. The van der Waals surface area contributed by atoms with Crippen LogP contribution < -0.4 is 14.8 Å². The molecule has 2 aromatic rings. The lowest BCUT2D eigenvalue weighted by Gasteiger charge is -2.22. The molecule has 1 N–H and O–H groups in total. The fraction of sp³-hybridized carbons (Fsp3) is 0.312. The van der Waals surface area contributed by atoms with Gasteiger partial charge in [-0.25, -0.2) is 4.79 Å². The van der Waals surface area contributed by atoms with Gasteiger partial charge in [-0.15, -0.1) is 11.3 Å². The molecule has 3 rings (SSSR count). The van der Waals surface area contributed by atoms with Gasteiger partial charge >= 0.3 is 6.03 Å². The molecule has 6 heteroatoms. The Kier molecular flexibility index (Phi) is 4.48. The van der Waals surface area contributed by atoms with E-state index < -0.39 is 0 Å². The molecule has 0 spiro atoms. The SMILES string of the molecule is CCN(Cc1cccs1)C(=O)Nc1ccc2c(c1)OCCO2. The maximum atomic E-state index is 12.4. The summed E-state index contributed by atoms with van der Waals surface area (Å²) >= 11 is 1.65. The summed E-state index contributed by atoms with van der Waals surface area (Å²) in [5.41, 5.74) is 0.707. The van der Waals surface area contributed by atoms with E-state index in [0.717, 1.165) is 5.75 Å². The molecule has 0 bridgehead atoms. The van der Waals surface area contributed by atoms with Gasteiger partial charge in [0.2, 0.25) is 0 Å². The number of fused-ring (bicyclic) bond motifs is 1. The first-order chi connectivity index (χ1) is 10.8. The number of amides is 2. The van der Waals surface area contributed by atoms with Crippen molar-refractivity contribution >= 4 is 23.1 Å². The molecule has 0 saturated carbocycles.